The summed E-state index contributed by atoms with van der Waals surface area (Å²) in [6.45, 7) is 2.74. The highest BCUT2D eigenvalue weighted by Gasteiger charge is 2.44. The summed E-state index contributed by atoms with van der Waals surface area (Å²) in [5.74, 6) is 0.209. The van der Waals surface area contributed by atoms with Gasteiger partial charge in [-0.15, -0.1) is 0 Å². The predicted molar refractivity (Wildman–Crippen MR) is 92.1 cm³/mol. The summed E-state index contributed by atoms with van der Waals surface area (Å²) in [5.41, 5.74) is 2.09. The highest BCUT2D eigenvalue weighted by molar-refractivity contribution is 5.90. The van der Waals surface area contributed by atoms with Gasteiger partial charge in [-0.1, -0.05) is 50.1 Å². The van der Waals surface area contributed by atoms with Crippen LogP contribution in [0.1, 0.15) is 44.2 Å². The lowest BCUT2D eigenvalue weighted by Gasteiger charge is -2.27. The van der Waals surface area contributed by atoms with Crippen molar-refractivity contribution >= 4 is 11.8 Å². The second-order valence-electron chi connectivity index (χ2n) is 6.74. The van der Waals surface area contributed by atoms with Crippen molar-refractivity contribution in [1.29, 1.82) is 0 Å². The number of rotatable bonds is 6. The molecule has 0 spiro atoms. The number of unbranched alkanes of at least 4 members (excludes halogenated alkanes) is 1. The number of hydrogen-bond acceptors (Lipinski definition) is 4. The predicted octanol–water partition coefficient (Wildman–Crippen LogP) is 3.50. The molecule has 4 heteroatoms. The molecule has 0 radical (unpaired) electrons. The van der Waals surface area contributed by atoms with Gasteiger partial charge < -0.3 is 9.64 Å². The average molecular weight is 327 g/mol. The van der Waals surface area contributed by atoms with Crippen molar-refractivity contribution < 1.29 is 14.3 Å². The summed E-state index contributed by atoms with van der Waals surface area (Å²) < 4.78 is 5.01. The minimum atomic E-state index is -0.476. The van der Waals surface area contributed by atoms with E-state index < -0.39 is 6.04 Å². The Labute approximate surface area is 143 Å². The zero-order chi connectivity index (χ0) is 17.1. The van der Waals surface area contributed by atoms with Crippen LogP contribution in [0.25, 0.3) is 0 Å². The van der Waals surface area contributed by atoms with Crippen molar-refractivity contribution in [2.45, 2.75) is 38.6 Å². The molecule has 0 N–H and O–H groups in total. The molecule has 3 rings (SSSR count). The molecule has 128 valence electrons. The van der Waals surface area contributed by atoms with Crippen LogP contribution in [-0.2, 0) is 14.3 Å². The minimum absolute atomic E-state index is 0.0391. The molecule has 1 heterocycles. The van der Waals surface area contributed by atoms with E-state index in [0.717, 1.165) is 31.2 Å². The molecule has 1 saturated carbocycles. The van der Waals surface area contributed by atoms with Gasteiger partial charge in [0.05, 0.1) is 13.0 Å². The van der Waals surface area contributed by atoms with E-state index in [0.29, 0.717) is 12.3 Å². The van der Waals surface area contributed by atoms with Crippen LogP contribution in [0, 0.1) is 11.8 Å². The fourth-order valence-corrected chi connectivity index (χ4v) is 3.91. The SMILES string of the molecule is CCCCC1CC2=CN([C@H](C(=O)OC)c3ccccc3)C[C@@H]2C1=O. The molecule has 0 saturated heterocycles. The Morgan fingerprint density at radius 2 is 2.08 bits per heavy atom. The zero-order valence-corrected chi connectivity index (χ0v) is 14.4. The van der Waals surface area contributed by atoms with Gasteiger partial charge in [0.1, 0.15) is 5.78 Å². The number of carbonyl (C=O) groups excluding carboxylic acids is 2. The zero-order valence-electron chi connectivity index (χ0n) is 14.4. The van der Waals surface area contributed by atoms with Gasteiger partial charge in [0.2, 0.25) is 0 Å². The van der Waals surface area contributed by atoms with Crippen LogP contribution < -0.4 is 0 Å². The van der Waals surface area contributed by atoms with Gasteiger partial charge >= 0.3 is 5.97 Å². The van der Waals surface area contributed by atoms with Crippen LogP contribution in [0.15, 0.2) is 42.1 Å². The molecule has 3 atom stereocenters. The number of hydrogen-bond donors (Lipinski definition) is 0. The van der Waals surface area contributed by atoms with Crippen LogP contribution in [0.2, 0.25) is 0 Å². The Hall–Kier alpha value is -2.10. The lowest BCUT2D eigenvalue weighted by Crippen LogP contribution is -2.33. The fourth-order valence-electron chi connectivity index (χ4n) is 3.91. The molecule has 24 heavy (non-hydrogen) atoms. The van der Waals surface area contributed by atoms with Gasteiger partial charge in [-0.2, -0.15) is 0 Å². The second kappa shape index (κ2) is 7.20. The number of Topliss-reactive ketones (excluding diaryl/α,β-unsaturated/α-hetero) is 1. The average Bonchev–Trinajstić information content (AvgIpc) is 3.13. The van der Waals surface area contributed by atoms with Gasteiger partial charge in [-0.05, 0) is 24.0 Å². The molecule has 1 aromatic rings. The number of methoxy groups -OCH3 is 1. The van der Waals surface area contributed by atoms with Crippen molar-refractivity contribution in [3.63, 3.8) is 0 Å². The monoisotopic (exact) mass is 327 g/mol. The summed E-state index contributed by atoms with van der Waals surface area (Å²) in [6, 6.07) is 9.15. The van der Waals surface area contributed by atoms with E-state index in [4.69, 9.17) is 4.74 Å². The van der Waals surface area contributed by atoms with E-state index in [2.05, 4.69) is 6.92 Å². The van der Waals surface area contributed by atoms with Crippen LogP contribution in [0.3, 0.4) is 0 Å². The number of fused-ring (bicyclic) bond motifs is 1. The molecule has 1 unspecified atom stereocenters. The molecule has 0 aromatic heterocycles. The Morgan fingerprint density at radius 1 is 1.33 bits per heavy atom. The maximum atomic E-state index is 12.7. The van der Waals surface area contributed by atoms with Crippen molar-refractivity contribution in [2.24, 2.45) is 11.8 Å². The molecule has 0 bridgehead atoms. The van der Waals surface area contributed by atoms with E-state index in [-0.39, 0.29) is 17.8 Å². The van der Waals surface area contributed by atoms with Gasteiger partial charge in [0.25, 0.3) is 0 Å². The summed E-state index contributed by atoms with van der Waals surface area (Å²) in [6.07, 6.45) is 6.10. The van der Waals surface area contributed by atoms with Gasteiger partial charge in [-0.3, -0.25) is 4.79 Å². The molecule has 4 nitrogen and oxygen atoms in total. The topological polar surface area (TPSA) is 46.6 Å². The number of esters is 1. The highest BCUT2D eigenvalue weighted by Crippen LogP contribution is 2.42. The summed E-state index contributed by atoms with van der Waals surface area (Å²) in [4.78, 5) is 27.0. The van der Waals surface area contributed by atoms with Crippen LogP contribution >= 0.6 is 0 Å². The van der Waals surface area contributed by atoms with Crippen LogP contribution in [-0.4, -0.2) is 30.3 Å². The first-order chi connectivity index (χ1) is 11.7. The summed E-state index contributed by atoms with van der Waals surface area (Å²) >= 11 is 0. The largest absolute Gasteiger partial charge is 0.467 e. The maximum Gasteiger partial charge on any atom is 0.333 e. The molecule has 2 aliphatic rings. The first kappa shape index (κ1) is 16.7. The lowest BCUT2D eigenvalue weighted by atomic mass is 9.97. The third-order valence-corrected chi connectivity index (χ3v) is 5.18. The number of ether oxygens (including phenoxy) is 1. The van der Waals surface area contributed by atoms with E-state index >= 15 is 0 Å². The number of ketones is 1. The first-order valence-corrected chi connectivity index (χ1v) is 8.78. The molecule has 0 amide bonds. The first-order valence-electron chi connectivity index (χ1n) is 8.78. The van der Waals surface area contributed by atoms with E-state index in [1.165, 1.54) is 12.7 Å². The molecule has 1 fully saturated rings. The van der Waals surface area contributed by atoms with E-state index in [1.807, 2.05) is 41.4 Å². The van der Waals surface area contributed by atoms with Gasteiger partial charge in [-0.25, -0.2) is 4.79 Å². The Bertz CT molecular complexity index is 638. The van der Waals surface area contributed by atoms with Crippen molar-refractivity contribution in [1.82, 2.24) is 4.90 Å². The highest BCUT2D eigenvalue weighted by atomic mass is 16.5. The smallest absolute Gasteiger partial charge is 0.333 e. The Morgan fingerprint density at radius 3 is 2.71 bits per heavy atom. The lowest BCUT2D eigenvalue weighted by molar-refractivity contribution is -0.146. The standard InChI is InChI=1S/C20H25NO3/c1-3-4-8-15-11-16-12-21(13-17(16)19(15)22)18(20(23)24-2)14-9-6-5-7-10-14/h5-7,9-10,12,15,17-18H,3-4,8,11,13H2,1-2H3/t15?,17-,18-/m0/s1. The van der Waals surface area contributed by atoms with Crippen LogP contribution in [0.4, 0.5) is 0 Å². The Kier molecular flexibility index (Phi) is 5.03. The van der Waals surface area contributed by atoms with Crippen LogP contribution in [0.5, 0.6) is 0 Å². The minimum Gasteiger partial charge on any atom is -0.467 e. The second-order valence-corrected chi connectivity index (χ2v) is 6.74. The molecular weight excluding hydrogens is 302 g/mol. The third kappa shape index (κ3) is 3.10. The van der Waals surface area contributed by atoms with E-state index in [1.54, 1.807) is 0 Å². The normalized spacial score (nSPS) is 23.8. The van der Waals surface area contributed by atoms with E-state index in [9.17, 15) is 9.59 Å². The number of carbonyl (C=O) groups is 2. The molecule has 1 aliphatic carbocycles. The van der Waals surface area contributed by atoms with Crippen molar-refractivity contribution in [3.8, 4) is 0 Å². The quantitative estimate of drug-likeness (QED) is 0.750. The van der Waals surface area contributed by atoms with Crippen molar-refractivity contribution in [2.75, 3.05) is 13.7 Å². The maximum absolute atomic E-state index is 12.7. The molecule has 1 aromatic carbocycles. The third-order valence-electron chi connectivity index (χ3n) is 5.18. The Balaban J connectivity index is 1.80. The van der Waals surface area contributed by atoms with Crippen molar-refractivity contribution in [3.05, 3.63) is 47.7 Å². The summed E-state index contributed by atoms with van der Waals surface area (Å²) in [5, 5.41) is 0. The fraction of sp³-hybridized carbons (Fsp3) is 0.500. The molecule has 1 aliphatic heterocycles. The van der Waals surface area contributed by atoms with Gasteiger partial charge in [0.15, 0.2) is 6.04 Å². The number of nitrogens with zero attached hydrogens (tertiary/aromatic N) is 1. The van der Waals surface area contributed by atoms with Gasteiger partial charge in [0, 0.05) is 18.7 Å². The molecular formula is C20H25NO3. The number of benzene rings is 1. The summed E-state index contributed by atoms with van der Waals surface area (Å²) in [7, 11) is 1.41.